The van der Waals surface area contributed by atoms with E-state index in [1.165, 1.54) is 0 Å². The minimum atomic E-state index is 0.419. The lowest BCUT2D eigenvalue weighted by Crippen LogP contribution is -2.39. The smallest absolute Gasteiger partial charge is 0.226 e. The number of nitrogens with zero attached hydrogens (tertiary/aromatic N) is 5. The summed E-state index contributed by atoms with van der Waals surface area (Å²) in [4.78, 5) is 11.3. The van der Waals surface area contributed by atoms with Gasteiger partial charge in [-0.15, -0.1) is 0 Å². The number of aromatic nitrogens is 4. The molecule has 7 heteroatoms. The van der Waals surface area contributed by atoms with Crippen LogP contribution in [0.3, 0.4) is 0 Å². The average Bonchev–Trinajstić information content (AvgIpc) is 2.82. The predicted molar refractivity (Wildman–Crippen MR) is 79.5 cm³/mol. The van der Waals surface area contributed by atoms with Crippen LogP contribution in [0.15, 0.2) is 6.20 Å². The summed E-state index contributed by atoms with van der Waals surface area (Å²) in [5, 5.41) is 8.38. The highest BCUT2D eigenvalue weighted by atomic mass is 15.3. The van der Waals surface area contributed by atoms with E-state index in [0.29, 0.717) is 17.8 Å². The Labute approximate surface area is 118 Å². The normalized spacial score (nSPS) is 17.7. The number of fused-ring (bicyclic) bond motifs is 1. The molecule has 2 aromatic heterocycles. The summed E-state index contributed by atoms with van der Waals surface area (Å²) in [5.41, 5.74) is 6.74. The molecule has 7 nitrogen and oxygen atoms in total. The van der Waals surface area contributed by atoms with E-state index in [1.54, 1.807) is 10.9 Å². The van der Waals surface area contributed by atoms with Crippen molar-refractivity contribution in [3.63, 3.8) is 0 Å². The maximum atomic E-state index is 5.97. The number of rotatable bonds is 3. The van der Waals surface area contributed by atoms with Crippen molar-refractivity contribution in [2.75, 3.05) is 30.7 Å². The van der Waals surface area contributed by atoms with Crippen molar-refractivity contribution < 1.29 is 0 Å². The van der Waals surface area contributed by atoms with Crippen molar-refractivity contribution >= 4 is 22.8 Å². The van der Waals surface area contributed by atoms with E-state index < -0.39 is 0 Å². The highest BCUT2D eigenvalue weighted by Gasteiger charge is 2.19. The molecule has 1 fully saturated rings. The Bertz CT molecular complexity index is 598. The van der Waals surface area contributed by atoms with Crippen molar-refractivity contribution in [2.45, 2.75) is 25.8 Å². The maximum Gasteiger partial charge on any atom is 0.226 e. The molecular formula is C13H21N7. The van der Waals surface area contributed by atoms with Gasteiger partial charge in [-0.05, 0) is 19.4 Å². The first kappa shape index (κ1) is 13.1. The van der Waals surface area contributed by atoms with Crippen LogP contribution in [0.25, 0.3) is 11.0 Å². The standard InChI is InChI=1S/C13H21N7/c1-3-20-6-4-9(5-7-20)16-13-17-11(14)10-8-15-19(2)12(10)18-13/h8-9H,3-7H2,1-2H3,(H3,14,16,17,18). The van der Waals surface area contributed by atoms with Gasteiger partial charge in [0.2, 0.25) is 5.95 Å². The lowest BCUT2D eigenvalue weighted by molar-refractivity contribution is 0.229. The molecule has 0 aliphatic carbocycles. The number of nitrogens with one attached hydrogen (secondary N) is 1. The zero-order chi connectivity index (χ0) is 14.1. The van der Waals surface area contributed by atoms with Gasteiger partial charge < -0.3 is 16.0 Å². The first-order valence-electron chi connectivity index (χ1n) is 7.11. The van der Waals surface area contributed by atoms with Gasteiger partial charge in [0.05, 0.1) is 11.6 Å². The molecule has 0 aromatic carbocycles. The van der Waals surface area contributed by atoms with Gasteiger partial charge in [0.1, 0.15) is 5.82 Å². The van der Waals surface area contributed by atoms with Gasteiger partial charge in [-0.2, -0.15) is 15.1 Å². The van der Waals surface area contributed by atoms with Gasteiger partial charge in [0.25, 0.3) is 0 Å². The Hall–Kier alpha value is -1.89. The number of piperidine rings is 1. The van der Waals surface area contributed by atoms with Crippen LogP contribution in [0.1, 0.15) is 19.8 Å². The number of nitrogens with two attached hydrogens (primary N) is 1. The van der Waals surface area contributed by atoms with Crippen molar-refractivity contribution in [1.29, 1.82) is 0 Å². The zero-order valence-corrected chi connectivity index (χ0v) is 12.0. The summed E-state index contributed by atoms with van der Waals surface area (Å²) in [6.45, 7) is 5.57. The first-order chi connectivity index (χ1) is 9.67. The summed E-state index contributed by atoms with van der Waals surface area (Å²) in [5.74, 6) is 1.09. The molecular weight excluding hydrogens is 254 g/mol. The van der Waals surface area contributed by atoms with E-state index in [0.717, 1.165) is 43.5 Å². The molecule has 0 unspecified atom stereocenters. The van der Waals surface area contributed by atoms with Gasteiger partial charge >= 0.3 is 0 Å². The van der Waals surface area contributed by atoms with Gasteiger partial charge in [-0.1, -0.05) is 6.92 Å². The number of anilines is 2. The molecule has 3 rings (SSSR count). The third-order valence-corrected chi connectivity index (χ3v) is 3.99. The molecule has 20 heavy (non-hydrogen) atoms. The second kappa shape index (κ2) is 5.24. The Balaban J connectivity index is 1.76. The minimum absolute atomic E-state index is 0.419. The van der Waals surface area contributed by atoms with Crippen LogP contribution in [-0.2, 0) is 7.05 Å². The van der Waals surface area contributed by atoms with Crippen LogP contribution in [0.5, 0.6) is 0 Å². The number of hydrogen-bond acceptors (Lipinski definition) is 6. The zero-order valence-electron chi connectivity index (χ0n) is 12.0. The van der Waals surface area contributed by atoms with Gasteiger partial charge in [0, 0.05) is 26.2 Å². The quantitative estimate of drug-likeness (QED) is 0.863. The molecule has 3 N–H and O–H groups in total. The van der Waals surface area contributed by atoms with Crippen molar-refractivity contribution in [3.8, 4) is 0 Å². The van der Waals surface area contributed by atoms with Gasteiger partial charge in [-0.25, -0.2) is 0 Å². The molecule has 2 aromatic rings. The lowest BCUT2D eigenvalue weighted by atomic mass is 10.1. The molecule has 108 valence electrons. The highest BCUT2D eigenvalue weighted by Crippen LogP contribution is 2.20. The fourth-order valence-corrected chi connectivity index (χ4v) is 2.68. The van der Waals surface area contributed by atoms with Crippen LogP contribution in [-0.4, -0.2) is 50.3 Å². The molecule has 0 saturated carbocycles. The van der Waals surface area contributed by atoms with E-state index in [-0.39, 0.29) is 0 Å². The monoisotopic (exact) mass is 275 g/mol. The van der Waals surface area contributed by atoms with Gasteiger partial charge in [-0.3, -0.25) is 4.68 Å². The summed E-state index contributed by atoms with van der Waals surface area (Å²) in [7, 11) is 1.86. The average molecular weight is 275 g/mol. The molecule has 3 heterocycles. The first-order valence-corrected chi connectivity index (χ1v) is 7.11. The lowest BCUT2D eigenvalue weighted by Gasteiger charge is -2.31. The molecule has 0 amide bonds. The van der Waals surface area contributed by atoms with E-state index in [1.807, 2.05) is 7.05 Å². The summed E-state index contributed by atoms with van der Waals surface area (Å²) in [6.07, 6.45) is 3.93. The van der Waals surface area contributed by atoms with Crippen LogP contribution in [0, 0.1) is 0 Å². The van der Waals surface area contributed by atoms with Crippen LogP contribution < -0.4 is 11.1 Å². The number of hydrogen-bond donors (Lipinski definition) is 2. The number of nitrogen functional groups attached to an aromatic ring is 1. The fourth-order valence-electron chi connectivity index (χ4n) is 2.68. The summed E-state index contributed by atoms with van der Waals surface area (Å²) >= 11 is 0. The number of likely N-dealkylation sites (tertiary alicyclic amines) is 1. The molecule has 0 radical (unpaired) electrons. The second-order valence-electron chi connectivity index (χ2n) is 5.29. The largest absolute Gasteiger partial charge is 0.383 e. The van der Waals surface area contributed by atoms with Gasteiger partial charge in [0.15, 0.2) is 5.65 Å². The van der Waals surface area contributed by atoms with E-state index in [9.17, 15) is 0 Å². The Morgan fingerprint density at radius 2 is 2.10 bits per heavy atom. The fraction of sp³-hybridized carbons (Fsp3) is 0.615. The summed E-state index contributed by atoms with van der Waals surface area (Å²) < 4.78 is 1.72. The van der Waals surface area contributed by atoms with Crippen molar-refractivity contribution in [3.05, 3.63) is 6.20 Å². The minimum Gasteiger partial charge on any atom is -0.383 e. The molecule has 0 spiro atoms. The Morgan fingerprint density at radius 3 is 2.80 bits per heavy atom. The maximum absolute atomic E-state index is 5.97. The van der Waals surface area contributed by atoms with Crippen molar-refractivity contribution in [1.82, 2.24) is 24.6 Å². The molecule has 0 bridgehead atoms. The SMILES string of the molecule is CCN1CCC(Nc2nc(N)c3cnn(C)c3n2)CC1. The van der Waals surface area contributed by atoms with E-state index in [2.05, 4.69) is 32.2 Å². The third kappa shape index (κ3) is 2.40. The molecule has 1 saturated heterocycles. The van der Waals surface area contributed by atoms with E-state index >= 15 is 0 Å². The van der Waals surface area contributed by atoms with Crippen molar-refractivity contribution in [2.24, 2.45) is 7.05 Å². The summed E-state index contributed by atoms with van der Waals surface area (Å²) in [6, 6.07) is 0.419. The molecule has 1 aliphatic heterocycles. The van der Waals surface area contributed by atoms with E-state index in [4.69, 9.17) is 5.73 Å². The Kier molecular flexibility index (Phi) is 3.43. The topological polar surface area (TPSA) is 84.9 Å². The Morgan fingerprint density at radius 1 is 1.35 bits per heavy atom. The number of aryl methyl sites for hydroxylation is 1. The van der Waals surface area contributed by atoms with Crippen LogP contribution >= 0.6 is 0 Å². The van der Waals surface area contributed by atoms with Crippen LogP contribution in [0.4, 0.5) is 11.8 Å². The second-order valence-corrected chi connectivity index (χ2v) is 5.29. The third-order valence-electron chi connectivity index (χ3n) is 3.99. The highest BCUT2D eigenvalue weighted by molar-refractivity contribution is 5.86. The molecule has 1 aliphatic rings. The predicted octanol–water partition coefficient (Wildman–Crippen LogP) is 0.842. The van der Waals surface area contributed by atoms with Crippen LogP contribution in [0.2, 0.25) is 0 Å². The molecule has 0 atom stereocenters.